The van der Waals surface area contributed by atoms with Crippen molar-refractivity contribution >= 4 is 17.7 Å². The third-order valence-electron chi connectivity index (χ3n) is 6.06. The number of hydrogen-bond donors (Lipinski definition) is 1. The van der Waals surface area contributed by atoms with Gasteiger partial charge in [-0.25, -0.2) is 0 Å². The standard InChI is InChI=1S/C25H30N4O2S/c1-17-12-14-19(15-13-17)29-24(20-9-5-7-11-22(20)31-3)27-28-25(29)32-16-23(30)26-21-10-6-4-8-18(21)2/h5,7,9,11-15,18,21H,4,6,8,10,16H2,1-3H3,(H,26,30). The molecule has 168 valence electrons. The maximum absolute atomic E-state index is 12.7. The second-order valence-corrected chi connectivity index (χ2v) is 9.34. The molecule has 2 atom stereocenters. The molecule has 1 fully saturated rings. The first-order valence-electron chi connectivity index (χ1n) is 11.1. The lowest BCUT2D eigenvalue weighted by molar-refractivity contribution is -0.119. The summed E-state index contributed by atoms with van der Waals surface area (Å²) in [4.78, 5) is 12.7. The van der Waals surface area contributed by atoms with Gasteiger partial charge in [0.05, 0.1) is 18.4 Å². The zero-order valence-corrected chi connectivity index (χ0v) is 19.7. The van der Waals surface area contributed by atoms with Crippen molar-refractivity contribution in [3.63, 3.8) is 0 Å². The van der Waals surface area contributed by atoms with Gasteiger partial charge in [0.15, 0.2) is 11.0 Å². The van der Waals surface area contributed by atoms with Gasteiger partial charge in [-0.2, -0.15) is 0 Å². The molecule has 2 aromatic carbocycles. The van der Waals surface area contributed by atoms with Crippen molar-refractivity contribution in [3.05, 3.63) is 54.1 Å². The van der Waals surface area contributed by atoms with Crippen molar-refractivity contribution in [2.24, 2.45) is 5.92 Å². The van der Waals surface area contributed by atoms with Gasteiger partial charge in [-0.15, -0.1) is 10.2 Å². The maximum atomic E-state index is 12.7. The lowest BCUT2D eigenvalue weighted by Gasteiger charge is -2.29. The fraction of sp³-hybridized carbons (Fsp3) is 0.400. The van der Waals surface area contributed by atoms with Crippen LogP contribution >= 0.6 is 11.8 Å². The van der Waals surface area contributed by atoms with E-state index in [9.17, 15) is 4.79 Å². The van der Waals surface area contributed by atoms with Crippen molar-refractivity contribution in [2.45, 2.75) is 50.7 Å². The first kappa shape index (κ1) is 22.4. The van der Waals surface area contributed by atoms with Gasteiger partial charge in [0.2, 0.25) is 5.91 Å². The molecule has 1 aliphatic carbocycles. The Bertz CT molecular complexity index is 1060. The number of aromatic nitrogens is 3. The molecule has 4 rings (SSSR count). The minimum Gasteiger partial charge on any atom is -0.496 e. The van der Waals surface area contributed by atoms with Crippen LogP contribution in [0.2, 0.25) is 0 Å². The molecule has 1 N–H and O–H groups in total. The average molecular weight is 451 g/mol. The molecule has 6 nitrogen and oxygen atoms in total. The Hall–Kier alpha value is -2.80. The third-order valence-corrected chi connectivity index (χ3v) is 6.99. The van der Waals surface area contributed by atoms with E-state index in [4.69, 9.17) is 4.74 Å². The van der Waals surface area contributed by atoms with Crippen molar-refractivity contribution in [2.75, 3.05) is 12.9 Å². The third kappa shape index (κ3) is 4.99. The summed E-state index contributed by atoms with van der Waals surface area (Å²) in [5, 5.41) is 12.8. The normalized spacial score (nSPS) is 18.3. The summed E-state index contributed by atoms with van der Waals surface area (Å²) in [6, 6.07) is 16.3. The number of methoxy groups -OCH3 is 1. The first-order valence-corrected chi connectivity index (χ1v) is 12.1. The Morgan fingerprint density at radius 1 is 1.12 bits per heavy atom. The van der Waals surface area contributed by atoms with E-state index >= 15 is 0 Å². The van der Waals surface area contributed by atoms with Gasteiger partial charge in [0.25, 0.3) is 0 Å². The van der Waals surface area contributed by atoms with E-state index in [1.165, 1.54) is 36.6 Å². The fourth-order valence-electron chi connectivity index (χ4n) is 4.20. The van der Waals surface area contributed by atoms with E-state index in [0.717, 1.165) is 23.4 Å². The molecular formula is C25H30N4O2S. The van der Waals surface area contributed by atoms with Crippen LogP contribution < -0.4 is 10.1 Å². The molecule has 0 aliphatic heterocycles. The van der Waals surface area contributed by atoms with Crippen molar-refractivity contribution in [3.8, 4) is 22.8 Å². The molecule has 1 aromatic heterocycles. The number of rotatable bonds is 7. The number of amides is 1. The largest absolute Gasteiger partial charge is 0.496 e. The summed E-state index contributed by atoms with van der Waals surface area (Å²) in [6.45, 7) is 4.29. The number of nitrogens with one attached hydrogen (secondary N) is 1. The van der Waals surface area contributed by atoms with Crippen LogP contribution in [0.5, 0.6) is 5.75 Å². The van der Waals surface area contributed by atoms with E-state index in [1.54, 1.807) is 7.11 Å². The molecule has 0 saturated heterocycles. The number of benzene rings is 2. The molecule has 1 saturated carbocycles. The molecule has 0 bridgehead atoms. The predicted molar refractivity (Wildman–Crippen MR) is 128 cm³/mol. The van der Waals surface area contributed by atoms with E-state index in [1.807, 2.05) is 41.0 Å². The van der Waals surface area contributed by atoms with Gasteiger partial charge in [0, 0.05) is 11.7 Å². The summed E-state index contributed by atoms with van der Waals surface area (Å²) >= 11 is 1.41. The van der Waals surface area contributed by atoms with E-state index in [-0.39, 0.29) is 11.9 Å². The Balaban J connectivity index is 1.60. The number of carbonyl (C=O) groups is 1. The summed E-state index contributed by atoms with van der Waals surface area (Å²) in [7, 11) is 1.65. The molecule has 3 aromatic rings. The quantitative estimate of drug-likeness (QED) is 0.511. The number of thioether (sulfide) groups is 1. The molecule has 0 spiro atoms. The second-order valence-electron chi connectivity index (χ2n) is 8.40. The van der Waals surface area contributed by atoms with E-state index in [0.29, 0.717) is 22.7 Å². The number of aryl methyl sites for hydroxylation is 1. The SMILES string of the molecule is COc1ccccc1-c1nnc(SCC(=O)NC2CCCCC2C)n1-c1ccc(C)cc1. The molecule has 32 heavy (non-hydrogen) atoms. The van der Waals surface area contributed by atoms with Crippen LogP contribution in [0, 0.1) is 12.8 Å². The van der Waals surface area contributed by atoms with E-state index in [2.05, 4.69) is 41.5 Å². The highest BCUT2D eigenvalue weighted by atomic mass is 32.2. The molecule has 7 heteroatoms. The lowest BCUT2D eigenvalue weighted by Crippen LogP contribution is -2.41. The predicted octanol–water partition coefficient (Wildman–Crippen LogP) is 5.04. The zero-order chi connectivity index (χ0) is 22.5. The molecule has 1 amide bonds. The molecule has 0 radical (unpaired) electrons. The van der Waals surface area contributed by atoms with Crippen molar-refractivity contribution < 1.29 is 9.53 Å². The minimum atomic E-state index is 0.0473. The van der Waals surface area contributed by atoms with Gasteiger partial charge >= 0.3 is 0 Å². The summed E-state index contributed by atoms with van der Waals surface area (Å²) in [5.74, 6) is 2.31. The van der Waals surface area contributed by atoms with Crippen LogP contribution in [-0.2, 0) is 4.79 Å². The summed E-state index contributed by atoms with van der Waals surface area (Å²) in [6.07, 6.45) is 4.69. The molecule has 1 aliphatic rings. The minimum absolute atomic E-state index is 0.0473. The molecular weight excluding hydrogens is 420 g/mol. The lowest BCUT2D eigenvalue weighted by atomic mass is 9.86. The van der Waals surface area contributed by atoms with Crippen LogP contribution in [0.25, 0.3) is 17.1 Å². The molecule has 2 unspecified atom stereocenters. The van der Waals surface area contributed by atoms with Gasteiger partial charge in [-0.3, -0.25) is 9.36 Å². The Morgan fingerprint density at radius 2 is 1.88 bits per heavy atom. The highest BCUT2D eigenvalue weighted by Gasteiger charge is 2.24. The number of ether oxygens (including phenoxy) is 1. The van der Waals surface area contributed by atoms with Crippen LogP contribution in [-0.4, -0.2) is 39.6 Å². The Labute approximate surface area is 193 Å². The second kappa shape index (κ2) is 10.2. The van der Waals surface area contributed by atoms with Gasteiger partial charge in [-0.05, 0) is 49.9 Å². The Morgan fingerprint density at radius 3 is 2.62 bits per heavy atom. The number of nitrogens with zero attached hydrogens (tertiary/aromatic N) is 3. The van der Waals surface area contributed by atoms with Crippen LogP contribution in [0.4, 0.5) is 0 Å². The number of hydrogen-bond acceptors (Lipinski definition) is 5. The van der Waals surface area contributed by atoms with Crippen molar-refractivity contribution in [1.82, 2.24) is 20.1 Å². The summed E-state index contributed by atoms with van der Waals surface area (Å²) in [5.41, 5.74) is 2.98. The van der Waals surface area contributed by atoms with Crippen LogP contribution in [0.1, 0.15) is 38.2 Å². The van der Waals surface area contributed by atoms with Crippen molar-refractivity contribution in [1.29, 1.82) is 0 Å². The topological polar surface area (TPSA) is 69.0 Å². The zero-order valence-electron chi connectivity index (χ0n) is 18.9. The highest BCUT2D eigenvalue weighted by molar-refractivity contribution is 7.99. The summed E-state index contributed by atoms with van der Waals surface area (Å²) < 4.78 is 7.56. The van der Waals surface area contributed by atoms with Gasteiger partial charge < -0.3 is 10.1 Å². The number of para-hydroxylation sites is 1. The smallest absolute Gasteiger partial charge is 0.230 e. The average Bonchev–Trinajstić information content (AvgIpc) is 3.23. The highest BCUT2D eigenvalue weighted by Crippen LogP contribution is 2.33. The van der Waals surface area contributed by atoms with Crippen LogP contribution in [0.3, 0.4) is 0 Å². The first-order chi connectivity index (χ1) is 15.6. The van der Waals surface area contributed by atoms with Gasteiger partial charge in [-0.1, -0.05) is 61.4 Å². The van der Waals surface area contributed by atoms with Crippen LogP contribution in [0.15, 0.2) is 53.7 Å². The fourth-order valence-corrected chi connectivity index (χ4v) is 4.97. The van der Waals surface area contributed by atoms with E-state index < -0.39 is 0 Å². The monoisotopic (exact) mass is 450 g/mol. The molecule has 1 heterocycles. The number of carbonyl (C=O) groups excluding carboxylic acids is 1. The maximum Gasteiger partial charge on any atom is 0.230 e. The van der Waals surface area contributed by atoms with Gasteiger partial charge in [0.1, 0.15) is 5.75 Å². The Kier molecular flexibility index (Phi) is 7.15.